The summed E-state index contributed by atoms with van der Waals surface area (Å²) in [4.78, 5) is 3.85. The van der Waals surface area contributed by atoms with E-state index in [0.717, 1.165) is 23.5 Å². The van der Waals surface area contributed by atoms with Crippen molar-refractivity contribution in [3.05, 3.63) is 240 Å². The Morgan fingerprint density at radius 3 is 1.29 bits per heavy atom. The van der Waals surface area contributed by atoms with Crippen LogP contribution in [-0.2, 0) is 0 Å². The van der Waals surface area contributed by atoms with E-state index < -0.39 is 0 Å². The summed E-state index contributed by atoms with van der Waals surface area (Å²) in [6.45, 7) is 0. The second kappa shape index (κ2) is 15.9. The molecule has 298 valence electrons. The van der Waals surface area contributed by atoms with Crippen LogP contribution in [0.15, 0.2) is 224 Å². The molecule has 3 heteroatoms. The highest BCUT2D eigenvalue weighted by Crippen LogP contribution is 2.48. The minimum atomic E-state index is 0.386. The van der Waals surface area contributed by atoms with Crippen molar-refractivity contribution in [2.45, 2.75) is 12.3 Å². The minimum Gasteiger partial charge on any atom is -0.311 e. The SMILES string of the molecule is C1=Cc2c(sc3c(-c4ccc(N(c5ccc(-c6ccccc6)cc5)c5ccc(-c6cccc7c6sc6c(-c8ccccc8)cccc67)cc5)cc4)cccc23)C(c2ccccc2)C1. The molecular formula is C60H41NS2. The van der Waals surface area contributed by atoms with Gasteiger partial charge in [0.2, 0.25) is 0 Å². The molecule has 1 nitrogen and oxygen atoms in total. The third-order valence-electron chi connectivity index (χ3n) is 12.7. The highest BCUT2D eigenvalue weighted by molar-refractivity contribution is 7.27. The van der Waals surface area contributed by atoms with Gasteiger partial charge in [0.25, 0.3) is 0 Å². The number of hydrogen-bond donors (Lipinski definition) is 0. The van der Waals surface area contributed by atoms with Crippen molar-refractivity contribution < 1.29 is 0 Å². The normalized spacial score (nSPS) is 13.4. The number of nitrogens with zero attached hydrogens (tertiary/aromatic N) is 1. The third kappa shape index (κ3) is 6.69. The van der Waals surface area contributed by atoms with E-state index in [9.17, 15) is 0 Å². The van der Waals surface area contributed by atoms with Crippen molar-refractivity contribution in [1.82, 2.24) is 0 Å². The molecule has 11 aromatic rings. The van der Waals surface area contributed by atoms with Gasteiger partial charge in [0.1, 0.15) is 0 Å². The highest BCUT2D eigenvalue weighted by atomic mass is 32.1. The maximum atomic E-state index is 2.38. The lowest BCUT2D eigenvalue weighted by Gasteiger charge is -2.26. The topological polar surface area (TPSA) is 3.24 Å². The Labute approximate surface area is 376 Å². The third-order valence-corrected chi connectivity index (χ3v) is 15.3. The Balaban J connectivity index is 0.926. The summed E-state index contributed by atoms with van der Waals surface area (Å²) in [5, 5.41) is 3.96. The summed E-state index contributed by atoms with van der Waals surface area (Å²) >= 11 is 3.87. The summed E-state index contributed by atoms with van der Waals surface area (Å²) in [5.41, 5.74) is 16.0. The van der Waals surface area contributed by atoms with Gasteiger partial charge in [-0.1, -0.05) is 194 Å². The van der Waals surface area contributed by atoms with Crippen LogP contribution in [-0.4, -0.2) is 0 Å². The molecule has 2 aromatic heterocycles. The monoisotopic (exact) mass is 839 g/mol. The first-order valence-corrected chi connectivity index (χ1v) is 23.3. The molecule has 1 aliphatic rings. The van der Waals surface area contributed by atoms with Crippen LogP contribution < -0.4 is 4.90 Å². The average molecular weight is 840 g/mol. The van der Waals surface area contributed by atoms with E-state index in [1.165, 1.54) is 90.8 Å². The molecule has 0 saturated carbocycles. The number of fused-ring (bicyclic) bond motifs is 6. The fraction of sp³-hybridized carbons (Fsp3) is 0.0333. The number of hydrogen-bond acceptors (Lipinski definition) is 3. The fourth-order valence-electron chi connectivity index (χ4n) is 9.57. The van der Waals surface area contributed by atoms with Gasteiger partial charge in [0.05, 0.1) is 0 Å². The zero-order valence-electron chi connectivity index (χ0n) is 34.5. The smallest absolute Gasteiger partial charge is 0.0462 e. The number of rotatable bonds is 8. The summed E-state index contributed by atoms with van der Waals surface area (Å²) in [6.07, 6.45) is 5.73. The van der Waals surface area contributed by atoms with Crippen molar-refractivity contribution in [1.29, 1.82) is 0 Å². The summed E-state index contributed by atoms with van der Waals surface area (Å²) < 4.78 is 4.01. The fourth-order valence-corrected chi connectivity index (χ4v) is 12.4. The van der Waals surface area contributed by atoms with E-state index >= 15 is 0 Å². The number of anilines is 3. The van der Waals surface area contributed by atoms with Crippen molar-refractivity contribution >= 4 is 76.1 Å². The van der Waals surface area contributed by atoms with Gasteiger partial charge < -0.3 is 4.90 Å². The van der Waals surface area contributed by atoms with Crippen LogP contribution in [0.2, 0.25) is 0 Å². The molecule has 0 N–H and O–H groups in total. The van der Waals surface area contributed by atoms with Crippen LogP contribution in [0.4, 0.5) is 17.1 Å². The molecule has 0 saturated heterocycles. The van der Waals surface area contributed by atoms with Crippen LogP contribution in [0, 0.1) is 0 Å². The molecule has 1 aliphatic carbocycles. The second-order valence-electron chi connectivity index (χ2n) is 16.3. The van der Waals surface area contributed by atoms with Gasteiger partial charge in [-0.25, -0.2) is 0 Å². The van der Waals surface area contributed by atoms with Crippen LogP contribution >= 0.6 is 22.7 Å². The van der Waals surface area contributed by atoms with Crippen molar-refractivity contribution in [3.8, 4) is 44.5 Å². The molecule has 1 unspecified atom stereocenters. The standard InChI is InChI=1S/C60H41NS2/c1-4-14-40(15-5-1)41-28-34-46(35-29-41)61(47-36-30-44(31-37-47)51-22-12-26-55-53-24-10-20-49(57(53)62-59(51)55)42-16-6-2-7-17-42)48-38-32-45(33-39-48)52-23-13-27-56-54-25-11-21-50(58(54)63-60(52)56)43-18-8-3-9-19-43/h1-20,22-39,50H,21H2. The van der Waals surface area contributed by atoms with Gasteiger partial charge in [-0.15, -0.1) is 22.7 Å². The van der Waals surface area contributed by atoms with Crippen LogP contribution in [0.3, 0.4) is 0 Å². The van der Waals surface area contributed by atoms with Gasteiger partial charge in [0, 0.05) is 58.1 Å². The molecule has 63 heavy (non-hydrogen) atoms. The van der Waals surface area contributed by atoms with E-state index in [0.29, 0.717) is 5.92 Å². The van der Waals surface area contributed by atoms with Gasteiger partial charge in [-0.2, -0.15) is 0 Å². The zero-order valence-corrected chi connectivity index (χ0v) is 36.1. The molecule has 0 aliphatic heterocycles. The molecular weight excluding hydrogens is 799 g/mol. The predicted molar refractivity (Wildman–Crippen MR) is 273 cm³/mol. The molecule has 2 heterocycles. The van der Waals surface area contributed by atoms with Crippen molar-refractivity contribution in [2.24, 2.45) is 0 Å². The van der Waals surface area contributed by atoms with Gasteiger partial charge in [0.15, 0.2) is 0 Å². The van der Waals surface area contributed by atoms with E-state index in [2.05, 4.69) is 235 Å². The van der Waals surface area contributed by atoms with Gasteiger partial charge in [-0.3, -0.25) is 0 Å². The molecule has 9 aromatic carbocycles. The largest absolute Gasteiger partial charge is 0.311 e. The van der Waals surface area contributed by atoms with Crippen LogP contribution in [0.1, 0.15) is 28.3 Å². The van der Waals surface area contributed by atoms with E-state index in [-0.39, 0.29) is 0 Å². The molecule has 0 bridgehead atoms. The number of benzene rings is 9. The lowest BCUT2D eigenvalue weighted by molar-refractivity contribution is 0.840. The summed E-state index contributed by atoms with van der Waals surface area (Å²) in [6, 6.07) is 80.0. The first kappa shape index (κ1) is 37.5. The average Bonchev–Trinajstić information content (AvgIpc) is 3.95. The summed E-state index contributed by atoms with van der Waals surface area (Å²) in [5.74, 6) is 0.386. The van der Waals surface area contributed by atoms with E-state index in [4.69, 9.17) is 0 Å². The molecule has 0 amide bonds. The van der Waals surface area contributed by atoms with Crippen molar-refractivity contribution in [3.63, 3.8) is 0 Å². The lowest BCUT2D eigenvalue weighted by Crippen LogP contribution is -2.09. The Hall–Kier alpha value is -7.30. The van der Waals surface area contributed by atoms with Gasteiger partial charge >= 0.3 is 0 Å². The molecule has 12 rings (SSSR count). The Bertz CT molecular complexity index is 3440. The van der Waals surface area contributed by atoms with Crippen molar-refractivity contribution in [2.75, 3.05) is 4.90 Å². The Kier molecular flexibility index (Phi) is 9.44. The molecule has 0 fully saturated rings. The maximum absolute atomic E-state index is 2.38. The number of allylic oxidation sites excluding steroid dienone is 1. The Morgan fingerprint density at radius 1 is 0.349 bits per heavy atom. The molecule has 0 radical (unpaired) electrons. The summed E-state index contributed by atoms with van der Waals surface area (Å²) in [7, 11) is 0. The quantitative estimate of drug-likeness (QED) is 0.147. The molecule has 1 atom stereocenters. The first-order valence-electron chi connectivity index (χ1n) is 21.7. The van der Waals surface area contributed by atoms with Crippen LogP contribution in [0.5, 0.6) is 0 Å². The maximum Gasteiger partial charge on any atom is 0.0462 e. The van der Waals surface area contributed by atoms with Gasteiger partial charge in [-0.05, 0) is 98.5 Å². The number of thiophene rings is 2. The van der Waals surface area contributed by atoms with Crippen LogP contribution in [0.25, 0.3) is 80.8 Å². The highest BCUT2D eigenvalue weighted by Gasteiger charge is 2.25. The lowest BCUT2D eigenvalue weighted by atomic mass is 9.87. The predicted octanol–water partition coefficient (Wildman–Crippen LogP) is 18.0. The van der Waals surface area contributed by atoms with E-state index in [1.54, 1.807) is 0 Å². The first-order chi connectivity index (χ1) is 31.2. The minimum absolute atomic E-state index is 0.386. The second-order valence-corrected chi connectivity index (χ2v) is 18.4. The molecule has 0 spiro atoms. The zero-order chi connectivity index (χ0) is 41.7. The van der Waals surface area contributed by atoms with E-state index in [1.807, 2.05) is 22.7 Å². The Morgan fingerprint density at radius 2 is 0.762 bits per heavy atom.